The van der Waals surface area contributed by atoms with Gasteiger partial charge in [-0.05, 0) is 61.1 Å². The molecule has 2 aliphatic rings. The summed E-state index contributed by atoms with van der Waals surface area (Å²) >= 11 is 0. The van der Waals surface area contributed by atoms with Crippen molar-refractivity contribution in [3.05, 3.63) is 59.7 Å². The van der Waals surface area contributed by atoms with E-state index in [-0.39, 0.29) is 29.8 Å². The molecule has 0 aliphatic carbocycles. The standard InChI is InChI=1S/C29H38N2O6/c1-29(2,21-5-9-25(10-6-21)36-27(32)30-17-13-23(34-3)14-18-30)22-7-11-26(12-8-22)37-28(33)31-19-15-24(35-4)16-20-31/h5-12,23-24H,13-20H2,1-4H3. The van der Waals surface area contributed by atoms with Gasteiger partial charge in [-0.15, -0.1) is 0 Å². The summed E-state index contributed by atoms with van der Waals surface area (Å²) in [5.74, 6) is 1.05. The zero-order valence-electron chi connectivity index (χ0n) is 22.3. The van der Waals surface area contributed by atoms with E-state index in [1.54, 1.807) is 24.0 Å². The van der Waals surface area contributed by atoms with Crippen LogP contribution in [-0.4, -0.2) is 74.6 Å². The molecule has 8 nitrogen and oxygen atoms in total. The van der Waals surface area contributed by atoms with Gasteiger partial charge >= 0.3 is 12.2 Å². The van der Waals surface area contributed by atoms with Gasteiger partial charge in [0.05, 0.1) is 12.2 Å². The second-order valence-electron chi connectivity index (χ2n) is 10.3. The Morgan fingerprint density at radius 1 is 0.649 bits per heavy atom. The number of benzene rings is 2. The highest BCUT2D eigenvalue weighted by atomic mass is 16.6. The Hall–Kier alpha value is -3.10. The van der Waals surface area contributed by atoms with Crippen LogP contribution in [0.4, 0.5) is 9.59 Å². The molecule has 0 saturated carbocycles. The van der Waals surface area contributed by atoms with E-state index >= 15 is 0 Å². The number of nitrogens with zero attached hydrogens (tertiary/aromatic N) is 2. The van der Waals surface area contributed by atoms with Crippen LogP contribution in [0.5, 0.6) is 11.5 Å². The highest BCUT2D eigenvalue weighted by Gasteiger charge is 2.27. The van der Waals surface area contributed by atoms with Gasteiger partial charge < -0.3 is 28.7 Å². The predicted molar refractivity (Wildman–Crippen MR) is 140 cm³/mol. The third kappa shape index (κ3) is 6.62. The number of carbonyl (C=O) groups excluding carboxylic acids is 2. The minimum atomic E-state index is -0.324. The van der Waals surface area contributed by atoms with E-state index in [1.807, 2.05) is 48.5 Å². The first-order chi connectivity index (χ1) is 17.8. The average Bonchev–Trinajstić information content (AvgIpc) is 2.93. The summed E-state index contributed by atoms with van der Waals surface area (Å²) < 4.78 is 21.9. The lowest BCUT2D eigenvalue weighted by molar-refractivity contribution is 0.0431. The van der Waals surface area contributed by atoms with Crippen molar-refractivity contribution in [2.24, 2.45) is 0 Å². The van der Waals surface area contributed by atoms with Gasteiger partial charge in [0, 0.05) is 45.8 Å². The molecule has 8 heteroatoms. The van der Waals surface area contributed by atoms with Crippen LogP contribution in [0.1, 0.15) is 50.7 Å². The van der Waals surface area contributed by atoms with Crippen LogP contribution in [-0.2, 0) is 14.9 Å². The second kappa shape index (κ2) is 12.0. The number of rotatable bonds is 6. The molecule has 200 valence electrons. The quantitative estimate of drug-likeness (QED) is 0.530. The first-order valence-corrected chi connectivity index (χ1v) is 13.0. The molecular weight excluding hydrogens is 472 g/mol. The van der Waals surface area contributed by atoms with E-state index < -0.39 is 0 Å². The smallest absolute Gasteiger partial charge is 0.410 e. The minimum Gasteiger partial charge on any atom is -0.410 e. The fraction of sp³-hybridized carbons (Fsp3) is 0.517. The van der Waals surface area contributed by atoms with Gasteiger partial charge in [0.2, 0.25) is 0 Å². The van der Waals surface area contributed by atoms with E-state index in [4.69, 9.17) is 18.9 Å². The topological polar surface area (TPSA) is 77.5 Å². The van der Waals surface area contributed by atoms with Crippen molar-refractivity contribution in [3.8, 4) is 11.5 Å². The largest absolute Gasteiger partial charge is 0.415 e. The molecular formula is C29H38N2O6. The number of piperidine rings is 2. The summed E-state index contributed by atoms with van der Waals surface area (Å²) in [6, 6.07) is 15.3. The van der Waals surface area contributed by atoms with Crippen LogP contribution < -0.4 is 9.47 Å². The van der Waals surface area contributed by atoms with Gasteiger partial charge in [-0.1, -0.05) is 38.1 Å². The van der Waals surface area contributed by atoms with Crippen molar-refractivity contribution in [1.29, 1.82) is 0 Å². The lowest BCUT2D eigenvalue weighted by atomic mass is 9.78. The lowest BCUT2D eigenvalue weighted by Gasteiger charge is -2.30. The first-order valence-electron chi connectivity index (χ1n) is 13.0. The summed E-state index contributed by atoms with van der Waals surface area (Å²) in [5.41, 5.74) is 1.87. The maximum Gasteiger partial charge on any atom is 0.415 e. The van der Waals surface area contributed by atoms with E-state index in [0.717, 1.165) is 36.8 Å². The summed E-state index contributed by atoms with van der Waals surface area (Å²) in [7, 11) is 3.41. The zero-order chi connectivity index (χ0) is 26.4. The van der Waals surface area contributed by atoms with Crippen molar-refractivity contribution in [1.82, 2.24) is 9.80 Å². The van der Waals surface area contributed by atoms with E-state index in [2.05, 4.69) is 13.8 Å². The highest BCUT2D eigenvalue weighted by molar-refractivity contribution is 5.71. The Balaban J connectivity index is 1.32. The highest BCUT2D eigenvalue weighted by Crippen LogP contribution is 2.33. The molecule has 0 unspecified atom stereocenters. The maximum atomic E-state index is 12.5. The minimum absolute atomic E-state index is 0.213. The maximum absolute atomic E-state index is 12.5. The molecule has 4 rings (SSSR count). The van der Waals surface area contributed by atoms with Crippen molar-refractivity contribution in [2.75, 3.05) is 40.4 Å². The van der Waals surface area contributed by atoms with Crippen LogP contribution in [0.15, 0.2) is 48.5 Å². The average molecular weight is 511 g/mol. The Labute approximate surface area is 219 Å². The molecule has 2 aromatic carbocycles. The Kier molecular flexibility index (Phi) is 8.71. The number of hydrogen-bond acceptors (Lipinski definition) is 6. The number of likely N-dealkylation sites (tertiary alicyclic amines) is 2. The van der Waals surface area contributed by atoms with Gasteiger partial charge in [-0.3, -0.25) is 0 Å². The fourth-order valence-corrected chi connectivity index (χ4v) is 4.92. The van der Waals surface area contributed by atoms with Gasteiger partial charge in [0.25, 0.3) is 0 Å². The number of amides is 2. The molecule has 2 fully saturated rings. The predicted octanol–water partition coefficient (Wildman–Crippen LogP) is 5.23. The fourth-order valence-electron chi connectivity index (χ4n) is 4.92. The second-order valence-corrected chi connectivity index (χ2v) is 10.3. The van der Waals surface area contributed by atoms with Crippen LogP contribution in [0.2, 0.25) is 0 Å². The van der Waals surface area contributed by atoms with Crippen LogP contribution in [0.3, 0.4) is 0 Å². The molecule has 2 saturated heterocycles. The molecule has 0 radical (unpaired) electrons. The van der Waals surface area contributed by atoms with Crippen LogP contribution in [0.25, 0.3) is 0 Å². The molecule has 2 aromatic rings. The van der Waals surface area contributed by atoms with Crippen molar-refractivity contribution in [2.45, 2.75) is 57.2 Å². The molecule has 0 spiro atoms. The Morgan fingerprint density at radius 2 is 0.973 bits per heavy atom. The van der Waals surface area contributed by atoms with Gasteiger partial charge in [-0.25, -0.2) is 9.59 Å². The zero-order valence-corrected chi connectivity index (χ0v) is 22.3. The third-order valence-electron chi connectivity index (χ3n) is 7.63. The van der Waals surface area contributed by atoms with E-state index in [1.165, 1.54) is 0 Å². The van der Waals surface area contributed by atoms with Crippen LogP contribution >= 0.6 is 0 Å². The van der Waals surface area contributed by atoms with Crippen molar-refractivity contribution < 1.29 is 28.5 Å². The molecule has 2 heterocycles. The number of carbonyl (C=O) groups is 2. The number of ether oxygens (including phenoxy) is 4. The lowest BCUT2D eigenvalue weighted by Crippen LogP contribution is -2.42. The number of methoxy groups -OCH3 is 2. The molecule has 0 atom stereocenters. The molecule has 0 N–H and O–H groups in total. The van der Waals surface area contributed by atoms with E-state index in [9.17, 15) is 9.59 Å². The SMILES string of the molecule is COC1CCN(C(=O)Oc2ccc(C(C)(C)c3ccc(OC(=O)N4CCC(OC)CC4)cc3)cc2)CC1. The number of hydrogen-bond donors (Lipinski definition) is 0. The summed E-state index contributed by atoms with van der Waals surface area (Å²) in [5, 5.41) is 0. The Bertz CT molecular complexity index is 954. The molecule has 0 bridgehead atoms. The monoisotopic (exact) mass is 510 g/mol. The Morgan fingerprint density at radius 3 is 1.27 bits per heavy atom. The molecule has 2 aliphatic heterocycles. The first kappa shape index (κ1) is 26.9. The van der Waals surface area contributed by atoms with Gasteiger partial charge in [-0.2, -0.15) is 0 Å². The molecule has 2 amide bonds. The van der Waals surface area contributed by atoms with Crippen molar-refractivity contribution in [3.63, 3.8) is 0 Å². The van der Waals surface area contributed by atoms with Crippen LogP contribution in [0, 0.1) is 0 Å². The van der Waals surface area contributed by atoms with Gasteiger partial charge in [0.15, 0.2) is 0 Å². The normalized spacial score (nSPS) is 17.5. The van der Waals surface area contributed by atoms with Crippen molar-refractivity contribution >= 4 is 12.2 Å². The molecule has 37 heavy (non-hydrogen) atoms. The van der Waals surface area contributed by atoms with Gasteiger partial charge in [0.1, 0.15) is 11.5 Å². The summed E-state index contributed by atoms with van der Waals surface area (Å²) in [4.78, 5) is 28.5. The third-order valence-corrected chi connectivity index (χ3v) is 7.63. The summed E-state index contributed by atoms with van der Waals surface area (Å²) in [6.45, 7) is 6.82. The summed E-state index contributed by atoms with van der Waals surface area (Å²) in [6.07, 6.45) is 3.07. The van der Waals surface area contributed by atoms with E-state index in [0.29, 0.717) is 37.7 Å². The molecule has 0 aromatic heterocycles.